The molecule has 23 heavy (non-hydrogen) atoms. The minimum atomic E-state index is -4.30. The summed E-state index contributed by atoms with van der Waals surface area (Å²) in [5.41, 5.74) is 0. The maximum Gasteiger partial charge on any atom is 0.398 e. The molecule has 0 fully saturated rings. The van der Waals surface area contributed by atoms with Crippen molar-refractivity contribution in [1.29, 1.82) is 0 Å². The highest BCUT2D eigenvalue weighted by Crippen LogP contribution is 2.40. The Morgan fingerprint density at radius 3 is 2.87 bits per heavy atom. The largest absolute Gasteiger partial charge is 0.398 e. The average Bonchev–Trinajstić information content (AvgIpc) is 2.89. The second-order valence-corrected chi connectivity index (χ2v) is 5.82. The summed E-state index contributed by atoms with van der Waals surface area (Å²) in [4.78, 5) is 9.58. The van der Waals surface area contributed by atoms with Crippen molar-refractivity contribution < 1.29 is 13.2 Å². The first-order valence-electron chi connectivity index (χ1n) is 7.03. The topological polar surface area (TPSA) is 59.7 Å². The summed E-state index contributed by atoms with van der Waals surface area (Å²) in [6.45, 7) is 0.740. The number of anilines is 1. The Balaban J connectivity index is 1.86. The molecular weight excluding hydrogens is 333 g/mol. The smallest absolute Gasteiger partial charge is 0.351 e. The van der Waals surface area contributed by atoms with Crippen molar-refractivity contribution in [3.63, 3.8) is 0 Å². The monoisotopic (exact) mass is 346 g/mol. The highest BCUT2D eigenvalue weighted by atomic mass is 35.5. The maximum absolute atomic E-state index is 13.1. The van der Waals surface area contributed by atoms with E-state index in [0.29, 0.717) is 29.6 Å². The van der Waals surface area contributed by atoms with E-state index in [1.54, 1.807) is 16.5 Å². The molecule has 1 aliphatic heterocycles. The van der Waals surface area contributed by atoms with Gasteiger partial charge in [0.2, 0.25) is 0 Å². The summed E-state index contributed by atoms with van der Waals surface area (Å²) < 4.78 is 40.8. The standard InChI is InChI=1S/C13H14ClF3N6/c1-22(12-9(14)5-18-7-19-12)6-10-20-21-11-8(13(15,16)17)3-2-4-23(10)11/h5,7-8H,2-4,6H2,1H3. The van der Waals surface area contributed by atoms with Crippen LogP contribution in [0.25, 0.3) is 0 Å². The first-order chi connectivity index (χ1) is 10.9. The number of aromatic nitrogens is 5. The van der Waals surface area contributed by atoms with Crippen LogP contribution in [0.4, 0.5) is 19.0 Å². The zero-order valence-corrected chi connectivity index (χ0v) is 13.0. The lowest BCUT2D eigenvalue weighted by Gasteiger charge is -2.26. The van der Waals surface area contributed by atoms with Crippen LogP contribution < -0.4 is 4.90 Å². The molecule has 0 N–H and O–H groups in total. The van der Waals surface area contributed by atoms with E-state index < -0.39 is 12.1 Å². The molecule has 1 atom stereocenters. The van der Waals surface area contributed by atoms with E-state index in [1.165, 1.54) is 12.5 Å². The van der Waals surface area contributed by atoms with Crippen molar-refractivity contribution >= 4 is 17.4 Å². The number of halogens is 4. The van der Waals surface area contributed by atoms with E-state index in [4.69, 9.17) is 11.6 Å². The van der Waals surface area contributed by atoms with Crippen LogP contribution in [-0.4, -0.2) is 38.0 Å². The molecule has 10 heteroatoms. The number of alkyl halides is 3. The Morgan fingerprint density at radius 1 is 1.39 bits per heavy atom. The first-order valence-corrected chi connectivity index (χ1v) is 7.41. The Labute approximate surface area is 135 Å². The summed E-state index contributed by atoms with van der Waals surface area (Å²) in [5.74, 6) is -0.611. The number of rotatable bonds is 3. The predicted molar refractivity (Wildman–Crippen MR) is 77.2 cm³/mol. The molecule has 0 bridgehead atoms. The first kappa shape index (κ1) is 16.0. The van der Waals surface area contributed by atoms with Crippen LogP contribution in [0.2, 0.25) is 5.02 Å². The molecule has 0 radical (unpaired) electrons. The SMILES string of the molecule is CN(Cc1nnc2n1CCCC2C(F)(F)F)c1ncncc1Cl. The van der Waals surface area contributed by atoms with Gasteiger partial charge in [-0.05, 0) is 12.8 Å². The third-order valence-electron chi connectivity index (χ3n) is 3.83. The summed E-state index contributed by atoms with van der Waals surface area (Å²) >= 11 is 6.03. The zero-order chi connectivity index (χ0) is 16.6. The van der Waals surface area contributed by atoms with Crippen molar-refractivity contribution in [3.05, 3.63) is 29.2 Å². The number of fused-ring (bicyclic) bond motifs is 1. The highest BCUT2D eigenvalue weighted by molar-refractivity contribution is 6.32. The van der Waals surface area contributed by atoms with Crippen LogP contribution in [0.15, 0.2) is 12.5 Å². The van der Waals surface area contributed by atoms with Crippen LogP contribution in [0.5, 0.6) is 0 Å². The second-order valence-electron chi connectivity index (χ2n) is 5.41. The van der Waals surface area contributed by atoms with Gasteiger partial charge in [-0.3, -0.25) is 0 Å². The van der Waals surface area contributed by atoms with Gasteiger partial charge in [-0.1, -0.05) is 11.6 Å². The van der Waals surface area contributed by atoms with Gasteiger partial charge in [0, 0.05) is 13.6 Å². The molecule has 0 spiro atoms. The Morgan fingerprint density at radius 2 is 2.17 bits per heavy atom. The van der Waals surface area contributed by atoms with E-state index >= 15 is 0 Å². The fraction of sp³-hybridized carbons (Fsp3) is 0.538. The van der Waals surface area contributed by atoms with Crippen molar-refractivity contribution in [1.82, 2.24) is 24.7 Å². The van der Waals surface area contributed by atoms with Gasteiger partial charge in [-0.25, -0.2) is 9.97 Å². The molecule has 0 aliphatic carbocycles. The lowest BCUT2D eigenvalue weighted by atomic mass is 9.98. The molecule has 0 amide bonds. The van der Waals surface area contributed by atoms with Crippen molar-refractivity contribution in [2.45, 2.75) is 38.0 Å². The molecule has 2 aromatic heterocycles. The molecule has 0 saturated heterocycles. The van der Waals surface area contributed by atoms with Gasteiger partial charge in [0.1, 0.15) is 23.1 Å². The summed E-state index contributed by atoms with van der Waals surface area (Å²) in [6, 6.07) is 0. The van der Waals surface area contributed by atoms with Gasteiger partial charge in [0.15, 0.2) is 11.6 Å². The van der Waals surface area contributed by atoms with Crippen LogP contribution >= 0.6 is 11.6 Å². The van der Waals surface area contributed by atoms with E-state index in [0.717, 1.165) is 0 Å². The van der Waals surface area contributed by atoms with Gasteiger partial charge in [-0.15, -0.1) is 10.2 Å². The molecule has 0 aromatic carbocycles. The molecule has 6 nitrogen and oxygen atoms in total. The Kier molecular flexibility index (Phi) is 4.13. The zero-order valence-electron chi connectivity index (χ0n) is 12.3. The molecule has 2 aromatic rings. The molecule has 1 unspecified atom stereocenters. The molecule has 3 rings (SSSR count). The van der Waals surface area contributed by atoms with Gasteiger partial charge in [0.25, 0.3) is 0 Å². The van der Waals surface area contributed by atoms with Crippen molar-refractivity contribution in [2.75, 3.05) is 11.9 Å². The van der Waals surface area contributed by atoms with Crippen molar-refractivity contribution in [2.24, 2.45) is 0 Å². The molecule has 0 saturated carbocycles. The quantitative estimate of drug-likeness (QED) is 0.855. The van der Waals surface area contributed by atoms with E-state index in [2.05, 4.69) is 20.2 Å². The molecule has 1 aliphatic rings. The van der Waals surface area contributed by atoms with E-state index in [-0.39, 0.29) is 18.8 Å². The number of hydrogen-bond donors (Lipinski definition) is 0. The number of nitrogens with zero attached hydrogens (tertiary/aromatic N) is 6. The summed E-state index contributed by atoms with van der Waals surface area (Å²) in [6.07, 6.45) is -0.990. The molecule has 3 heterocycles. The Bertz CT molecular complexity index is 701. The van der Waals surface area contributed by atoms with E-state index in [9.17, 15) is 13.2 Å². The van der Waals surface area contributed by atoms with Gasteiger partial charge < -0.3 is 9.47 Å². The predicted octanol–water partition coefficient (Wildman–Crippen LogP) is 2.80. The maximum atomic E-state index is 13.1. The third kappa shape index (κ3) is 3.10. The lowest BCUT2D eigenvalue weighted by Crippen LogP contribution is -2.29. The van der Waals surface area contributed by atoms with Crippen LogP contribution in [0.1, 0.15) is 30.4 Å². The van der Waals surface area contributed by atoms with Gasteiger partial charge in [-0.2, -0.15) is 13.2 Å². The van der Waals surface area contributed by atoms with Crippen LogP contribution in [0.3, 0.4) is 0 Å². The van der Waals surface area contributed by atoms with Gasteiger partial charge >= 0.3 is 6.18 Å². The second kappa shape index (κ2) is 5.95. The average molecular weight is 347 g/mol. The Hall–Kier alpha value is -1.90. The van der Waals surface area contributed by atoms with Crippen LogP contribution in [-0.2, 0) is 13.1 Å². The van der Waals surface area contributed by atoms with Crippen molar-refractivity contribution in [3.8, 4) is 0 Å². The molecule has 124 valence electrons. The fourth-order valence-corrected chi connectivity index (χ4v) is 2.98. The summed E-state index contributed by atoms with van der Waals surface area (Å²) in [5, 5.41) is 8.08. The summed E-state index contributed by atoms with van der Waals surface area (Å²) in [7, 11) is 1.74. The normalized spacial score (nSPS) is 17.9. The van der Waals surface area contributed by atoms with E-state index in [1.807, 2.05) is 0 Å². The third-order valence-corrected chi connectivity index (χ3v) is 4.09. The number of hydrogen-bond acceptors (Lipinski definition) is 5. The van der Waals surface area contributed by atoms with Crippen LogP contribution in [0, 0.1) is 0 Å². The van der Waals surface area contributed by atoms with Gasteiger partial charge in [0.05, 0.1) is 12.7 Å². The minimum Gasteiger partial charge on any atom is -0.351 e. The lowest BCUT2D eigenvalue weighted by molar-refractivity contribution is -0.156. The molecular formula is C13H14ClF3N6. The minimum absolute atomic E-state index is 0.0130. The fourth-order valence-electron chi connectivity index (χ4n) is 2.73. The highest BCUT2D eigenvalue weighted by Gasteiger charge is 2.45.